The molecule has 1 aromatic heterocycles. The minimum Gasteiger partial charge on any atom is -0.494 e. The molecule has 2 rings (SSSR count). The summed E-state index contributed by atoms with van der Waals surface area (Å²) in [5.41, 5.74) is -0.0583. The second-order valence-corrected chi connectivity index (χ2v) is 4.75. The van der Waals surface area contributed by atoms with Crippen molar-refractivity contribution in [2.45, 2.75) is 12.6 Å². The third-order valence-corrected chi connectivity index (χ3v) is 3.11. The highest BCUT2D eigenvalue weighted by Crippen LogP contribution is 2.22. The Morgan fingerprint density at radius 2 is 2.12 bits per heavy atom. The molecule has 24 heavy (non-hydrogen) atoms. The van der Waals surface area contributed by atoms with Gasteiger partial charge in [0.15, 0.2) is 29.1 Å². The fraction of sp³-hybridized carbons (Fsp3) is 0.267. The van der Waals surface area contributed by atoms with Crippen LogP contribution in [0.25, 0.3) is 0 Å². The molecule has 0 fully saturated rings. The fourth-order valence-corrected chi connectivity index (χ4v) is 1.99. The fourth-order valence-electron chi connectivity index (χ4n) is 1.99. The summed E-state index contributed by atoms with van der Waals surface area (Å²) in [6.45, 7) is 0.117. The zero-order valence-electron chi connectivity index (χ0n) is 12.9. The first-order chi connectivity index (χ1) is 11.5. The number of hydrogen-bond acceptors (Lipinski definition) is 6. The van der Waals surface area contributed by atoms with Crippen LogP contribution in [0.2, 0.25) is 0 Å². The minimum absolute atomic E-state index is 0.0325. The molecule has 9 heteroatoms. The van der Waals surface area contributed by atoms with Gasteiger partial charge in [0.25, 0.3) is 5.91 Å². The normalized spacial score (nSPS) is 11.8. The average molecular weight is 338 g/mol. The Labute approximate surface area is 136 Å². The molecule has 1 unspecified atom stereocenters. The van der Waals surface area contributed by atoms with Crippen molar-refractivity contribution in [3.8, 4) is 5.75 Å². The van der Waals surface area contributed by atoms with Gasteiger partial charge in [-0.15, -0.1) is 0 Å². The zero-order chi connectivity index (χ0) is 17.7. The van der Waals surface area contributed by atoms with Crippen LogP contribution in [0.3, 0.4) is 0 Å². The van der Waals surface area contributed by atoms with Gasteiger partial charge < -0.3 is 24.4 Å². The van der Waals surface area contributed by atoms with E-state index in [1.807, 2.05) is 0 Å². The van der Waals surface area contributed by atoms with Crippen molar-refractivity contribution in [1.82, 2.24) is 10.5 Å². The molecule has 2 aromatic rings. The SMILES string of the molecule is COCc1cc(C(=O)NC(C(=O)O)c2ccc(OC)c(F)c2)no1. The van der Waals surface area contributed by atoms with Gasteiger partial charge in [-0.2, -0.15) is 0 Å². The van der Waals surface area contributed by atoms with Crippen LogP contribution in [0.5, 0.6) is 5.75 Å². The summed E-state index contributed by atoms with van der Waals surface area (Å²) in [4.78, 5) is 23.5. The van der Waals surface area contributed by atoms with Crippen LogP contribution < -0.4 is 10.1 Å². The first-order valence-electron chi connectivity index (χ1n) is 6.78. The molecule has 1 heterocycles. The van der Waals surface area contributed by atoms with Crippen LogP contribution in [0.15, 0.2) is 28.8 Å². The summed E-state index contributed by atoms with van der Waals surface area (Å²) in [6, 6.07) is 3.48. The molecule has 0 spiro atoms. The highest BCUT2D eigenvalue weighted by atomic mass is 19.1. The lowest BCUT2D eigenvalue weighted by Crippen LogP contribution is -2.34. The van der Waals surface area contributed by atoms with Crippen molar-refractivity contribution in [3.63, 3.8) is 0 Å². The Morgan fingerprint density at radius 3 is 2.71 bits per heavy atom. The lowest BCUT2D eigenvalue weighted by atomic mass is 10.1. The van der Waals surface area contributed by atoms with Crippen molar-refractivity contribution in [2.24, 2.45) is 0 Å². The smallest absolute Gasteiger partial charge is 0.330 e. The predicted molar refractivity (Wildman–Crippen MR) is 78.0 cm³/mol. The van der Waals surface area contributed by atoms with Crippen molar-refractivity contribution < 1.29 is 33.1 Å². The highest BCUT2D eigenvalue weighted by molar-refractivity contribution is 5.95. The molecule has 0 radical (unpaired) electrons. The van der Waals surface area contributed by atoms with Gasteiger partial charge in [-0.3, -0.25) is 4.79 Å². The van der Waals surface area contributed by atoms with Crippen molar-refractivity contribution >= 4 is 11.9 Å². The first kappa shape index (κ1) is 17.4. The van der Waals surface area contributed by atoms with E-state index in [1.54, 1.807) is 0 Å². The van der Waals surface area contributed by atoms with Crippen molar-refractivity contribution in [3.05, 3.63) is 47.1 Å². The van der Waals surface area contributed by atoms with Crippen LogP contribution in [0, 0.1) is 5.82 Å². The number of nitrogens with one attached hydrogen (secondary N) is 1. The standard InChI is InChI=1S/C15H15FN2O6/c1-22-7-9-6-11(18-24-9)14(19)17-13(15(20)21)8-3-4-12(23-2)10(16)5-8/h3-6,13H,7H2,1-2H3,(H,17,19)(H,20,21). The third kappa shape index (κ3) is 3.87. The van der Waals surface area contributed by atoms with E-state index in [2.05, 4.69) is 10.5 Å². The second kappa shape index (κ2) is 7.55. The van der Waals surface area contributed by atoms with Crippen LogP contribution in [0.1, 0.15) is 27.9 Å². The number of carbonyl (C=O) groups is 2. The van der Waals surface area contributed by atoms with Gasteiger partial charge in [0.2, 0.25) is 0 Å². The quantitative estimate of drug-likeness (QED) is 0.787. The van der Waals surface area contributed by atoms with Gasteiger partial charge in [-0.1, -0.05) is 11.2 Å². The second-order valence-electron chi connectivity index (χ2n) is 4.75. The van der Waals surface area contributed by atoms with Crippen molar-refractivity contribution in [1.29, 1.82) is 0 Å². The van der Waals surface area contributed by atoms with Gasteiger partial charge >= 0.3 is 5.97 Å². The van der Waals surface area contributed by atoms with Gasteiger partial charge in [0, 0.05) is 13.2 Å². The average Bonchev–Trinajstić information content (AvgIpc) is 3.01. The molecular formula is C15H15FN2O6. The van der Waals surface area contributed by atoms with E-state index in [-0.39, 0.29) is 23.6 Å². The molecule has 1 aromatic carbocycles. The number of rotatable bonds is 7. The van der Waals surface area contributed by atoms with Crippen LogP contribution in [0.4, 0.5) is 4.39 Å². The molecule has 2 N–H and O–H groups in total. The molecular weight excluding hydrogens is 323 g/mol. The summed E-state index contributed by atoms with van der Waals surface area (Å²) in [5, 5.41) is 15.1. The number of amides is 1. The molecule has 0 bridgehead atoms. The van der Waals surface area contributed by atoms with Crippen LogP contribution in [-0.2, 0) is 16.1 Å². The molecule has 128 valence electrons. The molecule has 0 aliphatic carbocycles. The Kier molecular flexibility index (Phi) is 5.48. The number of benzene rings is 1. The minimum atomic E-state index is -1.46. The van der Waals surface area contributed by atoms with E-state index < -0.39 is 23.7 Å². The van der Waals surface area contributed by atoms with E-state index >= 15 is 0 Å². The molecule has 0 aliphatic rings. The number of ether oxygens (including phenoxy) is 2. The van der Waals surface area contributed by atoms with E-state index in [0.717, 1.165) is 6.07 Å². The molecule has 0 saturated carbocycles. The summed E-state index contributed by atoms with van der Waals surface area (Å²) in [6.07, 6.45) is 0. The van der Waals surface area contributed by atoms with Gasteiger partial charge in [-0.05, 0) is 17.7 Å². The Morgan fingerprint density at radius 1 is 1.38 bits per heavy atom. The number of halogens is 1. The number of carboxylic acid groups (broad SMARTS) is 1. The number of nitrogens with zero attached hydrogens (tertiary/aromatic N) is 1. The lowest BCUT2D eigenvalue weighted by Gasteiger charge is -2.14. The number of hydrogen-bond donors (Lipinski definition) is 2. The number of methoxy groups -OCH3 is 2. The maximum atomic E-state index is 13.8. The summed E-state index contributed by atoms with van der Waals surface area (Å²) >= 11 is 0. The van der Waals surface area contributed by atoms with Gasteiger partial charge in [0.1, 0.15) is 6.61 Å². The largest absolute Gasteiger partial charge is 0.494 e. The summed E-state index contributed by atoms with van der Waals surface area (Å²) in [5.74, 6) is -2.59. The molecule has 0 aliphatic heterocycles. The Bertz CT molecular complexity index is 745. The van der Waals surface area contributed by atoms with E-state index in [9.17, 15) is 19.1 Å². The number of carboxylic acids is 1. The number of carbonyl (C=O) groups excluding carboxylic acids is 1. The first-order valence-corrected chi connectivity index (χ1v) is 6.78. The highest BCUT2D eigenvalue weighted by Gasteiger charge is 2.25. The van der Waals surface area contributed by atoms with E-state index in [1.165, 1.54) is 32.4 Å². The maximum absolute atomic E-state index is 13.8. The lowest BCUT2D eigenvalue weighted by molar-refractivity contribution is -0.139. The molecule has 8 nitrogen and oxygen atoms in total. The summed E-state index contributed by atoms with van der Waals surface area (Å²) in [7, 11) is 2.73. The Hall–Kier alpha value is -2.94. The van der Waals surface area contributed by atoms with Crippen LogP contribution >= 0.6 is 0 Å². The topological polar surface area (TPSA) is 111 Å². The maximum Gasteiger partial charge on any atom is 0.330 e. The van der Waals surface area contributed by atoms with E-state index in [0.29, 0.717) is 5.76 Å². The predicted octanol–water partition coefficient (Wildman–Crippen LogP) is 1.52. The van der Waals surface area contributed by atoms with Crippen LogP contribution in [-0.4, -0.2) is 36.4 Å². The van der Waals surface area contributed by atoms with E-state index in [4.69, 9.17) is 14.0 Å². The Balaban J connectivity index is 2.20. The molecule has 1 atom stereocenters. The molecule has 0 saturated heterocycles. The molecule has 1 amide bonds. The van der Waals surface area contributed by atoms with Gasteiger partial charge in [-0.25, -0.2) is 9.18 Å². The summed E-state index contributed by atoms with van der Waals surface area (Å²) < 4.78 is 28.2. The zero-order valence-corrected chi connectivity index (χ0v) is 12.9. The van der Waals surface area contributed by atoms with Crippen molar-refractivity contribution in [2.75, 3.05) is 14.2 Å². The third-order valence-electron chi connectivity index (χ3n) is 3.11. The number of aromatic nitrogens is 1. The van der Waals surface area contributed by atoms with Gasteiger partial charge in [0.05, 0.1) is 7.11 Å². The number of aliphatic carboxylic acids is 1. The monoisotopic (exact) mass is 338 g/mol.